The van der Waals surface area contributed by atoms with Crippen molar-refractivity contribution in [2.24, 2.45) is 11.8 Å². The predicted molar refractivity (Wildman–Crippen MR) is 103 cm³/mol. The zero-order valence-electron chi connectivity index (χ0n) is 14.7. The van der Waals surface area contributed by atoms with Crippen LogP contribution < -0.4 is 10.6 Å². The van der Waals surface area contributed by atoms with E-state index in [0.29, 0.717) is 15.2 Å². The molecule has 1 heterocycles. The van der Waals surface area contributed by atoms with Gasteiger partial charge in [-0.15, -0.1) is 10.2 Å². The van der Waals surface area contributed by atoms with Crippen LogP contribution in [0.2, 0.25) is 5.02 Å². The Bertz CT molecular complexity index is 789. The second-order valence-corrected chi connectivity index (χ2v) is 7.97. The van der Waals surface area contributed by atoms with Crippen molar-refractivity contribution < 1.29 is 9.59 Å². The molecule has 0 radical (unpaired) electrons. The number of aromatic nitrogens is 2. The number of carbonyl (C=O) groups excluding carboxylic acids is 2. The highest BCUT2D eigenvalue weighted by Crippen LogP contribution is 2.30. The van der Waals surface area contributed by atoms with Gasteiger partial charge in [0.25, 0.3) is 0 Å². The largest absolute Gasteiger partial charge is 0.344 e. The molecule has 1 aliphatic carbocycles. The normalized spacial score (nSPS) is 16.0. The van der Waals surface area contributed by atoms with Gasteiger partial charge >= 0.3 is 0 Å². The van der Waals surface area contributed by atoms with Crippen LogP contribution in [0.4, 0.5) is 5.13 Å². The molecule has 1 aliphatic rings. The van der Waals surface area contributed by atoms with E-state index in [1.807, 2.05) is 26.0 Å². The van der Waals surface area contributed by atoms with Crippen LogP contribution in [-0.4, -0.2) is 28.1 Å². The SMILES string of the molecule is CC[C@@H](C)[C@@H](NC(=O)C1CC1)C(=O)Nc1nnc(-c2ccc(Cl)cc2)s1. The minimum Gasteiger partial charge on any atom is -0.344 e. The fraction of sp³-hybridized carbons (Fsp3) is 0.444. The molecule has 1 aromatic heterocycles. The molecule has 3 rings (SSSR count). The summed E-state index contributed by atoms with van der Waals surface area (Å²) in [6, 6.07) is 6.70. The summed E-state index contributed by atoms with van der Waals surface area (Å²) in [6.45, 7) is 3.95. The van der Waals surface area contributed by atoms with Gasteiger partial charge in [0.1, 0.15) is 11.0 Å². The summed E-state index contributed by atoms with van der Waals surface area (Å²) < 4.78 is 0. The lowest BCUT2D eigenvalue weighted by Crippen LogP contribution is -2.48. The smallest absolute Gasteiger partial charge is 0.249 e. The molecule has 1 fully saturated rings. The average molecular weight is 393 g/mol. The van der Waals surface area contributed by atoms with Gasteiger partial charge in [0.05, 0.1) is 0 Å². The molecule has 1 aromatic carbocycles. The summed E-state index contributed by atoms with van der Waals surface area (Å²) in [5.74, 6) is -0.203. The van der Waals surface area contributed by atoms with Gasteiger partial charge in [-0.1, -0.05) is 55.3 Å². The van der Waals surface area contributed by atoms with Crippen LogP contribution in [0, 0.1) is 11.8 Å². The highest BCUT2D eigenvalue weighted by Gasteiger charge is 2.34. The van der Waals surface area contributed by atoms with Gasteiger partial charge < -0.3 is 5.32 Å². The van der Waals surface area contributed by atoms with Crippen molar-refractivity contribution in [3.05, 3.63) is 29.3 Å². The number of benzene rings is 1. The Morgan fingerprint density at radius 1 is 1.27 bits per heavy atom. The Labute approximate surface area is 161 Å². The monoisotopic (exact) mass is 392 g/mol. The Morgan fingerprint density at radius 3 is 2.58 bits per heavy atom. The van der Waals surface area contributed by atoms with Crippen molar-refractivity contribution >= 4 is 39.9 Å². The van der Waals surface area contributed by atoms with E-state index in [2.05, 4.69) is 20.8 Å². The second-order valence-electron chi connectivity index (χ2n) is 6.55. The third kappa shape index (κ3) is 4.59. The molecule has 0 unspecified atom stereocenters. The molecule has 0 aliphatic heterocycles. The van der Waals surface area contributed by atoms with E-state index in [1.165, 1.54) is 11.3 Å². The third-order valence-electron chi connectivity index (χ3n) is 4.49. The van der Waals surface area contributed by atoms with Crippen LogP contribution in [0.1, 0.15) is 33.1 Å². The first-order valence-electron chi connectivity index (χ1n) is 8.68. The van der Waals surface area contributed by atoms with Crippen molar-refractivity contribution in [3.8, 4) is 10.6 Å². The summed E-state index contributed by atoms with van der Waals surface area (Å²) >= 11 is 7.18. The number of anilines is 1. The van der Waals surface area contributed by atoms with Crippen LogP contribution in [0.15, 0.2) is 24.3 Å². The molecule has 2 amide bonds. The summed E-state index contributed by atoms with van der Waals surface area (Å²) in [5.41, 5.74) is 0.882. The van der Waals surface area contributed by atoms with Gasteiger partial charge in [-0.25, -0.2) is 0 Å². The standard InChI is InChI=1S/C18H21ClN4O2S/c1-3-10(2)14(20-15(24)11-4-5-11)16(25)21-18-23-22-17(26-18)12-6-8-13(19)9-7-12/h6-11,14H,3-5H2,1-2H3,(H,20,24)(H,21,23,25)/t10-,14-/m1/s1. The van der Waals surface area contributed by atoms with Crippen molar-refractivity contribution in [1.82, 2.24) is 15.5 Å². The second kappa shape index (κ2) is 8.14. The number of hydrogen-bond acceptors (Lipinski definition) is 5. The van der Waals surface area contributed by atoms with Crippen LogP contribution in [0.3, 0.4) is 0 Å². The van der Waals surface area contributed by atoms with Gasteiger partial charge in [-0.2, -0.15) is 0 Å². The minimum absolute atomic E-state index is 0.0290. The van der Waals surface area contributed by atoms with Gasteiger partial charge in [0.2, 0.25) is 16.9 Å². The van der Waals surface area contributed by atoms with Gasteiger partial charge in [-0.3, -0.25) is 14.9 Å². The number of nitrogens with zero attached hydrogens (tertiary/aromatic N) is 2. The zero-order valence-corrected chi connectivity index (χ0v) is 16.2. The molecule has 6 nitrogen and oxygen atoms in total. The number of hydrogen-bond donors (Lipinski definition) is 2. The summed E-state index contributed by atoms with van der Waals surface area (Å²) in [4.78, 5) is 24.8. The molecule has 0 bridgehead atoms. The number of nitrogens with one attached hydrogen (secondary N) is 2. The first kappa shape index (κ1) is 18.8. The lowest BCUT2D eigenvalue weighted by molar-refractivity contribution is -0.128. The third-order valence-corrected chi connectivity index (χ3v) is 5.63. The van der Waals surface area contributed by atoms with Gasteiger partial charge in [-0.05, 0) is 30.9 Å². The van der Waals surface area contributed by atoms with Gasteiger partial charge in [0, 0.05) is 16.5 Å². The van der Waals surface area contributed by atoms with E-state index in [-0.39, 0.29) is 23.7 Å². The van der Waals surface area contributed by atoms with Crippen LogP contribution in [-0.2, 0) is 9.59 Å². The maximum Gasteiger partial charge on any atom is 0.249 e. The topological polar surface area (TPSA) is 84.0 Å². The van der Waals surface area contributed by atoms with E-state index in [9.17, 15) is 9.59 Å². The number of carbonyl (C=O) groups is 2. The average Bonchev–Trinajstić information content (AvgIpc) is 3.39. The van der Waals surface area contributed by atoms with Crippen molar-refractivity contribution in [1.29, 1.82) is 0 Å². The van der Waals surface area contributed by atoms with E-state index < -0.39 is 6.04 Å². The molecule has 8 heteroatoms. The Morgan fingerprint density at radius 2 is 1.96 bits per heavy atom. The quantitative estimate of drug-likeness (QED) is 0.751. The Balaban J connectivity index is 1.68. The molecule has 2 atom stereocenters. The zero-order chi connectivity index (χ0) is 18.7. The van der Waals surface area contributed by atoms with Crippen molar-refractivity contribution in [2.45, 2.75) is 39.2 Å². The number of amides is 2. The van der Waals surface area contributed by atoms with Crippen LogP contribution >= 0.6 is 22.9 Å². The highest BCUT2D eigenvalue weighted by atomic mass is 35.5. The maximum atomic E-state index is 12.7. The predicted octanol–water partition coefficient (Wildman–Crippen LogP) is 3.74. The van der Waals surface area contributed by atoms with Crippen molar-refractivity contribution in [3.63, 3.8) is 0 Å². The van der Waals surface area contributed by atoms with E-state index in [4.69, 9.17) is 11.6 Å². The molecule has 2 aromatic rings. The fourth-order valence-electron chi connectivity index (χ4n) is 2.48. The summed E-state index contributed by atoms with van der Waals surface area (Å²) in [6.07, 6.45) is 2.60. The summed E-state index contributed by atoms with van der Waals surface area (Å²) in [5, 5.41) is 15.6. The maximum absolute atomic E-state index is 12.7. The molecule has 26 heavy (non-hydrogen) atoms. The molecule has 0 spiro atoms. The lowest BCUT2D eigenvalue weighted by atomic mass is 9.98. The number of halogens is 1. The van der Waals surface area contributed by atoms with E-state index in [0.717, 1.165) is 24.8 Å². The van der Waals surface area contributed by atoms with Crippen molar-refractivity contribution in [2.75, 3.05) is 5.32 Å². The first-order valence-corrected chi connectivity index (χ1v) is 9.88. The molecule has 0 saturated heterocycles. The lowest BCUT2D eigenvalue weighted by Gasteiger charge is -2.22. The summed E-state index contributed by atoms with van der Waals surface area (Å²) in [7, 11) is 0. The Kier molecular flexibility index (Phi) is 5.88. The minimum atomic E-state index is -0.573. The molecular formula is C18H21ClN4O2S. The molecule has 1 saturated carbocycles. The molecule has 138 valence electrons. The van der Waals surface area contributed by atoms with Crippen LogP contribution in [0.25, 0.3) is 10.6 Å². The Hall–Kier alpha value is -1.99. The van der Waals surface area contributed by atoms with E-state index in [1.54, 1.807) is 12.1 Å². The molecule has 2 N–H and O–H groups in total. The fourth-order valence-corrected chi connectivity index (χ4v) is 3.36. The van der Waals surface area contributed by atoms with Crippen LogP contribution in [0.5, 0.6) is 0 Å². The molecular weight excluding hydrogens is 372 g/mol. The highest BCUT2D eigenvalue weighted by molar-refractivity contribution is 7.18. The van der Waals surface area contributed by atoms with E-state index >= 15 is 0 Å². The van der Waals surface area contributed by atoms with Gasteiger partial charge in [0.15, 0.2) is 0 Å². The first-order chi connectivity index (χ1) is 12.5. The number of rotatable bonds is 7.